The topological polar surface area (TPSA) is 83.3 Å². The lowest BCUT2D eigenvalue weighted by Gasteiger charge is -2.28. The standard InChI is InChI=1S/C24H28N2O5/c1-5-31-18-11-9-16(10-12-18)22(27)20-21(17-7-6-8-19(15-17)30-4)26(14-13-25(2)3)24(29)23(20)28/h6-12,15,21,27H,5,13-14H2,1-4H3/b22-20+. The maximum Gasteiger partial charge on any atom is 0.295 e. The number of Topliss-reactive ketones (excluding diaryl/α,β-unsaturated/α-hetero) is 1. The maximum absolute atomic E-state index is 13.4. The molecule has 7 heteroatoms. The molecular formula is C24H28N2O5. The minimum Gasteiger partial charge on any atom is -0.872 e. The highest BCUT2D eigenvalue weighted by atomic mass is 16.5. The maximum atomic E-state index is 13.4. The van der Waals surface area contributed by atoms with Gasteiger partial charge in [0.2, 0.25) is 5.78 Å². The fourth-order valence-corrected chi connectivity index (χ4v) is 3.63. The molecule has 0 bridgehead atoms. The van der Waals surface area contributed by atoms with E-state index in [4.69, 9.17) is 9.47 Å². The van der Waals surface area contributed by atoms with Gasteiger partial charge < -0.3 is 24.4 Å². The van der Waals surface area contributed by atoms with Gasteiger partial charge in [-0.1, -0.05) is 30.0 Å². The fraction of sp³-hybridized carbons (Fsp3) is 0.333. The van der Waals surface area contributed by atoms with Crippen LogP contribution < -0.4 is 19.5 Å². The normalized spacial score (nSPS) is 18.0. The van der Waals surface area contributed by atoms with E-state index in [0.717, 1.165) is 4.90 Å². The average Bonchev–Trinajstić information content (AvgIpc) is 3.02. The molecule has 1 aliphatic heterocycles. The Bertz CT molecular complexity index is 982. The predicted molar refractivity (Wildman–Crippen MR) is 115 cm³/mol. The van der Waals surface area contributed by atoms with Crippen LogP contribution in [0.2, 0.25) is 0 Å². The number of carbonyl (C=O) groups excluding carboxylic acids is 2. The quantitative estimate of drug-likeness (QED) is 0.378. The number of hydrogen-bond donors (Lipinski definition) is 1. The van der Waals surface area contributed by atoms with Gasteiger partial charge in [-0.3, -0.25) is 9.59 Å². The third-order valence-electron chi connectivity index (χ3n) is 5.22. The lowest BCUT2D eigenvalue weighted by atomic mass is 9.95. The SMILES string of the molecule is CCOc1ccc(/C([O-])=C2\C(=O)C(=O)N(CC[NH+](C)C)C2c2cccc(OC)c2)cc1. The van der Waals surface area contributed by atoms with Crippen LogP contribution in [-0.2, 0) is 9.59 Å². The minimum absolute atomic E-state index is 0.0313. The van der Waals surface area contributed by atoms with Gasteiger partial charge in [0, 0.05) is 5.57 Å². The van der Waals surface area contributed by atoms with Crippen LogP contribution in [-0.4, -0.2) is 57.5 Å². The largest absolute Gasteiger partial charge is 0.872 e. The number of hydrogen-bond acceptors (Lipinski definition) is 5. The first-order chi connectivity index (χ1) is 14.9. The number of quaternary nitrogens is 1. The van der Waals surface area contributed by atoms with E-state index in [2.05, 4.69) is 0 Å². The predicted octanol–water partition coefficient (Wildman–Crippen LogP) is 0.462. The van der Waals surface area contributed by atoms with E-state index in [0.29, 0.717) is 42.3 Å². The molecule has 2 aromatic rings. The number of likely N-dealkylation sites (tertiary alicyclic amines) is 1. The zero-order valence-corrected chi connectivity index (χ0v) is 18.3. The van der Waals surface area contributed by atoms with Crippen molar-refractivity contribution >= 4 is 17.4 Å². The lowest BCUT2D eigenvalue weighted by Crippen LogP contribution is -3.06. The van der Waals surface area contributed by atoms with Gasteiger partial charge in [0.1, 0.15) is 11.5 Å². The molecule has 1 unspecified atom stereocenters. The molecule has 3 rings (SSSR count). The molecule has 1 fully saturated rings. The van der Waals surface area contributed by atoms with Crippen molar-refractivity contribution in [2.75, 3.05) is 40.9 Å². The van der Waals surface area contributed by atoms with Gasteiger partial charge >= 0.3 is 0 Å². The fourth-order valence-electron chi connectivity index (χ4n) is 3.63. The van der Waals surface area contributed by atoms with Crippen molar-refractivity contribution < 1.29 is 29.1 Å². The smallest absolute Gasteiger partial charge is 0.295 e. The average molecular weight is 424 g/mol. The number of likely N-dealkylation sites (N-methyl/N-ethyl adjacent to an activating group) is 1. The number of methoxy groups -OCH3 is 1. The van der Waals surface area contributed by atoms with Gasteiger partial charge in [-0.2, -0.15) is 0 Å². The number of rotatable bonds is 8. The van der Waals surface area contributed by atoms with Crippen molar-refractivity contribution in [1.29, 1.82) is 0 Å². The molecule has 0 radical (unpaired) electrons. The van der Waals surface area contributed by atoms with E-state index in [1.54, 1.807) is 55.6 Å². The van der Waals surface area contributed by atoms with Crippen LogP contribution in [0.25, 0.3) is 5.76 Å². The van der Waals surface area contributed by atoms with Crippen LogP contribution in [0.3, 0.4) is 0 Å². The summed E-state index contributed by atoms with van der Waals surface area (Å²) in [5.74, 6) is -0.620. The van der Waals surface area contributed by atoms with Crippen molar-refractivity contribution in [2.24, 2.45) is 0 Å². The van der Waals surface area contributed by atoms with Gasteiger partial charge in [0.15, 0.2) is 0 Å². The number of ether oxygens (including phenoxy) is 2. The van der Waals surface area contributed by atoms with Crippen LogP contribution >= 0.6 is 0 Å². The molecule has 0 aliphatic carbocycles. The van der Waals surface area contributed by atoms with Crippen LogP contribution in [0.4, 0.5) is 0 Å². The highest BCUT2D eigenvalue weighted by molar-refractivity contribution is 6.46. The second-order valence-electron chi connectivity index (χ2n) is 7.66. The Kier molecular flexibility index (Phi) is 6.97. The summed E-state index contributed by atoms with van der Waals surface area (Å²) >= 11 is 0. The molecule has 0 spiro atoms. The molecule has 1 atom stereocenters. The number of amides is 1. The highest BCUT2D eigenvalue weighted by Gasteiger charge is 2.44. The second kappa shape index (κ2) is 9.66. The van der Waals surface area contributed by atoms with Crippen LogP contribution in [0, 0.1) is 0 Å². The monoisotopic (exact) mass is 424 g/mol. The molecule has 31 heavy (non-hydrogen) atoms. The summed E-state index contributed by atoms with van der Waals surface area (Å²) in [6.07, 6.45) is 0. The van der Waals surface area contributed by atoms with E-state index in [1.165, 1.54) is 4.90 Å². The summed E-state index contributed by atoms with van der Waals surface area (Å²) in [6, 6.07) is 13.0. The third-order valence-corrected chi connectivity index (χ3v) is 5.22. The summed E-state index contributed by atoms with van der Waals surface area (Å²) < 4.78 is 10.7. The third kappa shape index (κ3) is 4.72. The van der Waals surface area contributed by atoms with Gasteiger partial charge in [-0.05, 0) is 42.3 Å². The Morgan fingerprint density at radius 3 is 2.42 bits per heavy atom. The molecular weight excluding hydrogens is 396 g/mol. The summed E-state index contributed by atoms with van der Waals surface area (Å²) in [7, 11) is 5.49. The van der Waals surface area contributed by atoms with Crippen LogP contribution in [0.1, 0.15) is 24.1 Å². The Balaban J connectivity index is 2.11. The Morgan fingerprint density at radius 2 is 1.81 bits per heavy atom. The van der Waals surface area contributed by atoms with Crippen LogP contribution in [0.15, 0.2) is 54.1 Å². The van der Waals surface area contributed by atoms with Crippen molar-refractivity contribution in [3.05, 3.63) is 65.2 Å². The number of ketones is 1. The van der Waals surface area contributed by atoms with E-state index in [-0.39, 0.29) is 5.57 Å². The second-order valence-corrected chi connectivity index (χ2v) is 7.66. The Morgan fingerprint density at radius 1 is 1.10 bits per heavy atom. The molecule has 1 amide bonds. The molecule has 2 aromatic carbocycles. The molecule has 1 saturated heterocycles. The van der Waals surface area contributed by atoms with E-state index < -0.39 is 23.5 Å². The Labute approximate surface area is 182 Å². The van der Waals surface area contributed by atoms with Crippen molar-refractivity contribution in [3.8, 4) is 11.5 Å². The molecule has 0 aromatic heterocycles. The number of nitrogens with zero attached hydrogens (tertiary/aromatic N) is 1. The van der Waals surface area contributed by atoms with E-state index in [9.17, 15) is 14.7 Å². The van der Waals surface area contributed by atoms with E-state index >= 15 is 0 Å². The molecule has 1 aliphatic rings. The van der Waals surface area contributed by atoms with Gasteiger partial charge in [0.25, 0.3) is 5.91 Å². The lowest BCUT2D eigenvalue weighted by molar-refractivity contribution is -0.857. The van der Waals surface area contributed by atoms with E-state index in [1.807, 2.05) is 21.0 Å². The van der Waals surface area contributed by atoms with Gasteiger partial charge in [-0.25, -0.2) is 0 Å². The number of carbonyl (C=O) groups is 2. The zero-order chi connectivity index (χ0) is 22.5. The number of benzene rings is 2. The Hall–Kier alpha value is -3.32. The minimum atomic E-state index is -0.756. The first kappa shape index (κ1) is 22.4. The molecule has 0 saturated carbocycles. The molecule has 164 valence electrons. The first-order valence-electron chi connectivity index (χ1n) is 10.3. The highest BCUT2D eigenvalue weighted by Crippen LogP contribution is 2.39. The molecule has 1 heterocycles. The summed E-state index contributed by atoms with van der Waals surface area (Å²) in [4.78, 5) is 28.5. The molecule has 7 nitrogen and oxygen atoms in total. The summed E-state index contributed by atoms with van der Waals surface area (Å²) in [5, 5.41) is 13.4. The summed E-state index contributed by atoms with van der Waals surface area (Å²) in [5.41, 5.74) is 0.977. The van der Waals surface area contributed by atoms with Gasteiger partial charge in [-0.15, -0.1) is 0 Å². The van der Waals surface area contributed by atoms with Crippen molar-refractivity contribution in [3.63, 3.8) is 0 Å². The van der Waals surface area contributed by atoms with Crippen molar-refractivity contribution in [1.82, 2.24) is 4.90 Å². The first-order valence-corrected chi connectivity index (χ1v) is 10.3. The van der Waals surface area contributed by atoms with Gasteiger partial charge in [0.05, 0.1) is 46.9 Å². The zero-order valence-electron chi connectivity index (χ0n) is 18.3. The molecule has 1 N–H and O–H groups in total. The number of nitrogens with one attached hydrogen (secondary N) is 1. The summed E-state index contributed by atoms with van der Waals surface area (Å²) in [6.45, 7) is 3.39. The van der Waals surface area contributed by atoms with Crippen molar-refractivity contribution in [2.45, 2.75) is 13.0 Å². The van der Waals surface area contributed by atoms with Crippen LogP contribution in [0.5, 0.6) is 11.5 Å².